The van der Waals surface area contributed by atoms with Gasteiger partial charge in [0.2, 0.25) is 0 Å². The van der Waals surface area contributed by atoms with Gasteiger partial charge in [-0.1, -0.05) is 119 Å². The Morgan fingerprint density at radius 2 is 0.923 bits per heavy atom. The molecule has 0 radical (unpaired) electrons. The van der Waals surface area contributed by atoms with E-state index in [-0.39, 0.29) is 23.4 Å². The molecule has 0 atom stereocenters. The van der Waals surface area contributed by atoms with E-state index < -0.39 is 0 Å². The summed E-state index contributed by atoms with van der Waals surface area (Å²) in [6.07, 6.45) is 4.67. The summed E-state index contributed by atoms with van der Waals surface area (Å²) in [7, 11) is 0. The fourth-order valence-electron chi connectivity index (χ4n) is 6.49. The maximum absolute atomic E-state index is 13.7. The number of hydrogen-bond acceptors (Lipinski definition) is 6. The predicted octanol–water partition coefficient (Wildman–Crippen LogP) is 8.45. The lowest BCUT2D eigenvalue weighted by atomic mass is 9.96. The van der Waals surface area contributed by atoms with Crippen LogP contribution in [0.5, 0.6) is 0 Å². The van der Waals surface area contributed by atoms with Crippen LogP contribution in [0.2, 0.25) is 0 Å². The largest absolute Gasteiger partial charge is 0.350 e. The summed E-state index contributed by atoms with van der Waals surface area (Å²) < 4.78 is 0. The van der Waals surface area contributed by atoms with Gasteiger partial charge in [0.25, 0.3) is 11.8 Å². The molecule has 1 fully saturated rings. The normalized spacial score (nSPS) is 13.2. The molecule has 7 rings (SSSR count). The molecule has 0 unspecified atom stereocenters. The van der Waals surface area contributed by atoms with Crippen LogP contribution in [-0.4, -0.2) is 56.3 Å². The van der Waals surface area contributed by atoms with E-state index in [0.717, 1.165) is 68.7 Å². The second kappa shape index (κ2) is 15.1. The van der Waals surface area contributed by atoms with Gasteiger partial charge in [-0.25, -0.2) is 9.97 Å². The van der Waals surface area contributed by atoms with Gasteiger partial charge in [0.15, 0.2) is 0 Å². The number of rotatable bonds is 8. The molecule has 52 heavy (non-hydrogen) atoms. The molecule has 260 valence electrons. The van der Waals surface area contributed by atoms with E-state index in [0.29, 0.717) is 36.7 Å². The number of nitrogens with one attached hydrogen (secondary N) is 1. The van der Waals surface area contributed by atoms with Crippen LogP contribution in [-0.2, 0) is 0 Å². The molecule has 8 nitrogen and oxygen atoms in total. The first-order valence-electron chi connectivity index (χ1n) is 17.8. The molecule has 0 aliphatic carbocycles. The predicted molar refractivity (Wildman–Crippen MR) is 206 cm³/mol. The van der Waals surface area contributed by atoms with Gasteiger partial charge in [-0.3, -0.25) is 19.6 Å². The Balaban J connectivity index is 1.02. The molecule has 3 heterocycles. The lowest BCUT2D eigenvalue weighted by Gasteiger charge is -2.32. The number of likely N-dealkylation sites (tertiary alicyclic amines) is 1. The number of benzene rings is 4. The van der Waals surface area contributed by atoms with E-state index in [1.165, 1.54) is 0 Å². The topological polar surface area (TPSA) is 101 Å². The van der Waals surface area contributed by atoms with Gasteiger partial charge < -0.3 is 10.2 Å². The summed E-state index contributed by atoms with van der Waals surface area (Å²) in [4.78, 5) is 48.2. The maximum Gasteiger partial charge on any atom is 0.274 e. The van der Waals surface area contributed by atoms with E-state index in [1.54, 1.807) is 12.4 Å². The van der Waals surface area contributed by atoms with Crippen LogP contribution in [0.3, 0.4) is 0 Å². The third kappa shape index (κ3) is 7.66. The van der Waals surface area contributed by atoms with Crippen LogP contribution < -0.4 is 5.32 Å². The summed E-state index contributed by atoms with van der Waals surface area (Å²) in [6, 6.07) is 32.6. The maximum atomic E-state index is 13.7. The molecule has 1 saturated heterocycles. The van der Waals surface area contributed by atoms with Crippen molar-refractivity contribution in [2.45, 2.75) is 40.5 Å². The Morgan fingerprint density at radius 1 is 0.558 bits per heavy atom. The number of carbonyl (C=O) groups is 2. The number of aryl methyl sites for hydroxylation is 4. The van der Waals surface area contributed by atoms with Gasteiger partial charge >= 0.3 is 0 Å². The van der Waals surface area contributed by atoms with Crippen molar-refractivity contribution >= 4 is 11.8 Å². The average Bonchev–Trinajstić information content (AvgIpc) is 3.18. The van der Waals surface area contributed by atoms with Crippen molar-refractivity contribution in [3.63, 3.8) is 0 Å². The van der Waals surface area contributed by atoms with Crippen LogP contribution in [0.4, 0.5) is 0 Å². The van der Waals surface area contributed by atoms with Crippen LogP contribution in [0, 0.1) is 33.6 Å². The van der Waals surface area contributed by atoms with Crippen molar-refractivity contribution < 1.29 is 9.59 Å². The van der Waals surface area contributed by atoms with E-state index in [1.807, 2.05) is 111 Å². The quantitative estimate of drug-likeness (QED) is 0.173. The molecule has 0 bridgehead atoms. The van der Waals surface area contributed by atoms with Crippen LogP contribution >= 0.6 is 0 Å². The highest BCUT2D eigenvalue weighted by atomic mass is 16.2. The Hall–Kier alpha value is -6.02. The fraction of sp³-hybridized carbons (Fsp3) is 0.227. The highest BCUT2D eigenvalue weighted by Crippen LogP contribution is 2.31. The Bertz CT molecular complexity index is 2210. The number of amides is 2. The minimum atomic E-state index is -0.262. The van der Waals surface area contributed by atoms with E-state index >= 15 is 0 Å². The standard InChI is InChI=1S/C44H42N6O2/c1-28-5-13-33(14-6-28)39-41(35-17-9-30(3)10-18-35)48-37(26-45-39)43(51)47-25-32-21-23-50(24-22-32)44(52)38-27-46-40(34-15-7-29(2)8-16-34)42(49-38)36-19-11-31(4)12-20-36/h5-20,26-27,32H,21-25H2,1-4H3,(H,47,51). The van der Waals surface area contributed by atoms with Crippen molar-refractivity contribution in [3.05, 3.63) is 143 Å². The zero-order valence-electron chi connectivity index (χ0n) is 30.1. The molecule has 1 aliphatic rings. The van der Waals surface area contributed by atoms with Crippen molar-refractivity contribution in [3.8, 4) is 45.0 Å². The Kier molecular flexibility index (Phi) is 9.98. The van der Waals surface area contributed by atoms with Crippen LogP contribution in [0.25, 0.3) is 45.0 Å². The van der Waals surface area contributed by atoms with E-state index in [4.69, 9.17) is 19.9 Å². The van der Waals surface area contributed by atoms with Gasteiger partial charge in [-0.2, -0.15) is 0 Å². The minimum Gasteiger partial charge on any atom is -0.350 e. The Labute approximate surface area is 305 Å². The second-order valence-electron chi connectivity index (χ2n) is 13.8. The molecule has 6 aromatic rings. The highest BCUT2D eigenvalue weighted by Gasteiger charge is 2.26. The van der Waals surface area contributed by atoms with Gasteiger partial charge in [0.05, 0.1) is 35.2 Å². The number of aromatic nitrogens is 4. The monoisotopic (exact) mass is 686 g/mol. The molecule has 0 spiro atoms. The molecule has 4 aromatic carbocycles. The van der Waals surface area contributed by atoms with Crippen molar-refractivity contribution in [2.24, 2.45) is 5.92 Å². The van der Waals surface area contributed by atoms with Crippen LogP contribution in [0.1, 0.15) is 56.1 Å². The molecular formula is C44H42N6O2. The smallest absolute Gasteiger partial charge is 0.274 e. The number of carbonyl (C=O) groups excluding carboxylic acids is 2. The third-order valence-electron chi connectivity index (χ3n) is 9.75. The first-order valence-corrected chi connectivity index (χ1v) is 17.8. The molecule has 2 amide bonds. The number of piperidine rings is 1. The second-order valence-corrected chi connectivity index (χ2v) is 13.8. The molecule has 8 heteroatoms. The summed E-state index contributed by atoms with van der Waals surface area (Å²) in [5, 5.41) is 3.09. The summed E-state index contributed by atoms with van der Waals surface area (Å²) in [5.41, 5.74) is 11.8. The van der Waals surface area contributed by atoms with E-state index in [2.05, 4.69) is 24.4 Å². The van der Waals surface area contributed by atoms with E-state index in [9.17, 15) is 9.59 Å². The first-order chi connectivity index (χ1) is 25.2. The molecule has 2 aromatic heterocycles. The highest BCUT2D eigenvalue weighted by molar-refractivity contribution is 5.94. The molecule has 0 saturated carbocycles. The van der Waals surface area contributed by atoms with Gasteiger partial charge in [-0.05, 0) is 46.5 Å². The van der Waals surface area contributed by atoms with Crippen molar-refractivity contribution in [1.82, 2.24) is 30.2 Å². The zero-order chi connectivity index (χ0) is 36.2. The first kappa shape index (κ1) is 34.4. The minimum absolute atomic E-state index is 0.133. The number of hydrogen-bond donors (Lipinski definition) is 1. The molecule has 1 aliphatic heterocycles. The van der Waals surface area contributed by atoms with Gasteiger partial charge in [-0.15, -0.1) is 0 Å². The Morgan fingerprint density at radius 3 is 1.35 bits per heavy atom. The van der Waals surface area contributed by atoms with Gasteiger partial charge in [0.1, 0.15) is 11.4 Å². The van der Waals surface area contributed by atoms with Crippen molar-refractivity contribution in [2.75, 3.05) is 19.6 Å². The SMILES string of the molecule is Cc1ccc(-c2ncc(C(=O)NCC3CCN(C(=O)c4cnc(-c5ccc(C)cc5)c(-c5ccc(C)cc5)n4)CC3)nc2-c2ccc(C)cc2)cc1. The average molecular weight is 687 g/mol. The summed E-state index contributed by atoms with van der Waals surface area (Å²) in [6.45, 7) is 9.83. The molecular weight excluding hydrogens is 645 g/mol. The molecule has 1 N–H and O–H groups in total. The van der Waals surface area contributed by atoms with Gasteiger partial charge in [0, 0.05) is 41.9 Å². The lowest BCUT2D eigenvalue weighted by molar-refractivity contribution is 0.0678. The number of nitrogens with zero attached hydrogens (tertiary/aromatic N) is 5. The van der Waals surface area contributed by atoms with Crippen LogP contribution in [0.15, 0.2) is 109 Å². The zero-order valence-corrected chi connectivity index (χ0v) is 30.1. The summed E-state index contributed by atoms with van der Waals surface area (Å²) >= 11 is 0. The lowest BCUT2D eigenvalue weighted by Crippen LogP contribution is -2.42. The summed E-state index contributed by atoms with van der Waals surface area (Å²) in [5.74, 6) is -0.170. The van der Waals surface area contributed by atoms with Crippen molar-refractivity contribution in [1.29, 1.82) is 0 Å². The third-order valence-corrected chi connectivity index (χ3v) is 9.75. The fourth-order valence-corrected chi connectivity index (χ4v) is 6.49.